The highest BCUT2D eigenvalue weighted by Gasteiger charge is 2.08. The van der Waals surface area contributed by atoms with Crippen molar-refractivity contribution in [1.82, 2.24) is 10.3 Å². The van der Waals surface area contributed by atoms with Crippen LogP contribution in [0.3, 0.4) is 0 Å². The van der Waals surface area contributed by atoms with Gasteiger partial charge in [-0.15, -0.1) is 12.6 Å². The molecule has 0 saturated carbocycles. The van der Waals surface area contributed by atoms with Crippen molar-refractivity contribution in [3.63, 3.8) is 0 Å². The van der Waals surface area contributed by atoms with Gasteiger partial charge in [0.15, 0.2) is 0 Å². The Kier molecular flexibility index (Phi) is 3.43. The molecule has 20 heavy (non-hydrogen) atoms. The van der Waals surface area contributed by atoms with Crippen LogP contribution in [0.4, 0.5) is 0 Å². The second-order valence-electron chi connectivity index (χ2n) is 4.33. The van der Waals surface area contributed by atoms with Crippen LogP contribution in [0.25, 0.3) is 10.9 Å². The van der Waals surface area contributed by atoms with Crippen molar-refractivity contribution >= 4 is 29.4 Å². The molecule has 4 nitrogen and oxygen atoms in total. The van der Waals surface area contributed by atoms with Crippen LogP contribution in [0.1, 0.15) is 16.1 Å². The third kappa shape index (κ3) is 2.53. The van der Waals surface area contributed by atoms with Crippen LogP contribution in [0.15, 0.2) is 58.2 Å². The van der Waals surface area contributed by atoms with Crippen LogP contribution in [0.5, 0.6) is 0 Å². The highest BCUT2D eigenvalue weighted by Crippen LogP contribution is 2.20. The largest absolute Gasteiger partial charge is 0.467 e. The van der Waals surface area contributed by atoms with Gasteiger partial charge in [-0.25, -0.2) is 0 Å². The first kappa shape index (κ1) is 12.7. The normalized spacial score (nSPS) is 10.7. The van der Waals surface area contributed by atoms with E-state index < -0.39 is 0 Å². The van der Waals surface area contributed by atoms with Crippen molar-refractivity contribution in [3.8, 4) is 0 Å². The SMILES string of the molecule is O=C(NCc1ccco1)c1cnc2c(S)cccc2c1. The number of fused-ring (bicyclic) bond motifs is 1. The molecule has 0 bridgehead atoms. The molecule has 3 aromatic rings. The van der Waals surface area contributed by atoms with Gasteiger partial charge >= 0.3 is 0 Å². The van der Waals surface area contributed by atoms with Gasteiger partial charge in [-0.2, -0.15) is 0 Å². The number of amides is 1. The third-order valence-electron chi connectivity index (χ3n) is 2.96. The molecular formula is C15H12N2O2S. The number of carbonyl (C=O) groups excluding carboxylic acids is 1. The number of para-hydroxylation sites is 1. The molecule has 0 fully saturated rings. The highest BCUT2D eigenvalue weighted by molar-refractivity contribution is 7.80. The number of hydrogen-bond acceptors (Lipinski definition) is 4. The summed E-state index contributed by atoms with van der Waals surface area (Å²) in [5.41, 5.74) is 1.31. The summed E-state index contributed by atoms with van der Waals surface area (Å²) in [6.45, 7) is 0.358. The summed E-state index contributed by atoms with van der Waals surface area (Å²) in [4.78, 5) is 17.1. The fraction of sp³-hybridized carbons (Fsp3) is 0.0667. The minimum absolute atomic E-state index is 0.180. The van der Waals surface area contributed by atoms with Gasteiger partial charge in [0.05, 0.1) is 23.9 Å². The highest BCUT2D eigenvalue weighted by atomic mass is 32.1. The fourth-order valence-corrected chi connectivity index (χ4v) is 2.22. The summed E-state index contributed by atoms with van der Waals surface area (Å²) in [6, 6.07) is 11.1. The maximum atomic E-state index is 12.1. The molecule has 0 aliphatic heterocycles. The molecule has 3 rings (SSSR count). The summed E-state index contributed by atoms with van der Waals surface area (Å²) in [7, 11) is 0. The summed E-state index contributed by atoms with van der Waals surface area (Å²) in [5, 5.41) is 3.68. The Labute approximate surface area is 121 Å². The van der Waals surface area contributed by atoms with Gasteiger partial charge in [0, 0.05) is 16.5 Å². The first-order valence-electron chi connectivity index (χ1n) is 6.12. The molecular weight excluding hydrogens is 272 g/mol. The second-order valence-corrected chi connectivity index (χ2v) is 4.82. The zero-order valence-corrected chi connectivity index (χ0v) is 11.4. The predicted molar refractivity (Wildman–Crippen MR) is 78.9 cm³/mol. The van der Waals surface area contributed by atoms with E-state index in [1.165, 1.54) is 0 Å². The molecule has 1 N–H and O–H groups in total. The van der Waals surface area contributed by atoms with Crippen LogP contribution in [0, 0.1) is 0 Å². The molecule has 0 atom stereocenters. The van der Waals surface area contributed by atoms with E-state index in [9.17, 15) is 4.79 Å². The molecule has 0 spiro atoms. The Balaban J connectivity index is 1.81. The number of furan rings is 1. The smallest absolute Gasteiger partial charge is 0.253 e. The van der Waals surface area contributed by atoms with Gasteiger partial charge in [-0.3, -0.25) is 9.78 Å². The van der Waals surface area contributed by atoms with Gasteiger partial charge in [0.2, 0.25) is 0 Å². The average molecular weight is 284 g/mol. The Morgan fingerprint density at radius 3 is 3.00 bits per heavy atom. The molecule has 0 aliphatic rings. The van der Waals surface area contributed by atoms with Crippen molar-refractivity contribution in [2.24, 2.45) is 0 Å². The lowest BCUT2D eigenvalue weighted by Crippen LogP contribution is -2.22. The van der Waals surface area contributed by atoms with E-state index in [0.717, 1.165) is 15.8 Å². The number of rotatable bonds is 3. The summed E-state index contributed by atoms with van der Waals surface area (Å²) in [5.74, 6) is 0.533. The molecule has 2 heterocycles. The Hall–Kier alpha value is -2.27. The van der Waals surface area contributed by atoms with Crippen LogP contribution in [0.2, 0.25) is 0 Å². The quantitative estimate of drug-likeness (QED) is 0.727. The summed E-state index contributed by atoms with van der Waals surface area (Å²) >= 11 is 4.34. The van der Waals surface area contributed by atoms with Gasteiger partial charge in [-0.1, -0.05) is 12.1 Å². The number of pyridine rings is 1. The minimum Gasteiger partial charge on any atom is -0.467 e. The maximum absolute atomic E-state index is 12.1. The van der Waals surface area contributed by atoms with E-state index in [1.54, 1.807) is 24.6 Å². The van der Waals surface area contributed by atoms with Crippen molar-refractivity contribution in [3.05, 3.63) is 60.2 Å². The first-order valence-corrected chi connectivity index (χ1v) is 6.57. The summed E-state index contributed by atoms with van der Waals surface area (Å²) in [6.07, 6.45) is 3.13. The monoisotopic (exact) mass is 284 g/mol. The maximum Gasteiger partial charge on any atom is 0.253 e. The molecule has 5 heteroatoms. The number of benzene rings is 1. The van der Waals surface area contributed by atoms with E-state index in [0.29, 0.717) is 17.9 Å². The first-order chi connectivity index (χ1) is 9.74. The molecule has 100 valence electrons. The molecule has 0 unspecified atom stereocenters. The lowest BCUT2D eigenvalue weighted by molar-refractivity contribution is 0.0948. The van der Waals surface area contributed by atoms with Crippen LogP contribution >= 0.6 is 12.6 Å². The predicted octanol–water partition coefficient (Wildman–Crippen LogP) is 3.05. The number of thiol groups is 1. The minimum atomic E-state index is -0.180. The molecule has 1 aromatic carbocycles. The van der Waals surface area contributed by atoms with Crippen molar-refractivity contribution in [1.29, 1.82) is 0 Å². The van der Waals surface area contributed by atoms with Gasteiger partial charge in [0.1, 0.15) is 5.76 Å². The van der Waals surface area contributed by atoms with E-state index in [-0.39, 0.29) is 5.91 Å². The standard InChI is InChI=1S/C15H12N2O2S/c18-15(17-9-12-4-2-6-19-12)11-7-10-3-1-5-13(20)14(10)16-8-11/h1-8,20H,9H2,(H,17,18). The third-order valence-corrected chi connectivity index (χ3v) is 3.32. The van der Waals surface area contributed by atoms with Crippen molar-refractivity contribution < 1.29 is 9.21 Å². The van der Waals surface area contributed by atoms with E-state index in [4.69, 9.17) is 4.42 Å². The van der Waals surface area contributed by atoms with Gasteiger partial charge in [0.25, 0.3) is 5.91 Å². The number of nitrogens with zero attached hydrogens (tertiary/aromatic N) is 1. The Morgan fingerprint density at radius 1 is 1.30 bits per heavy atom. The average Bonchev–Trinajstić information content (AvgIpc) is 2.98. The van der Waals surface area contributed by atoms with Gasteiger partial charge in [-0.05, 0) is 24.3 Å². The number of aromatic nitrogens is 1. The fourth-order valence-electron chi connectivity index (χ4n) is 1.95. The Bertz CT molecular complexity index is 754. The number of carbonyl (C=O) groups is 1. The van der Waals surface area contributed by atoms with Gasteiger partial charge < -0.3 is 9.73 Å². The Morgan fingerprint density at radius 2 is 2.20 bits per heavy atom. The summed E-state index contributed by atoms with van der Waals surface area (Å²) < 4.78 is 5.17. The van der Waals surface area contributed by atoms with Crippen LogP contribution < -0.4 is 5.32 Å². The number of nitrogens with one attached hydrogen (secondary N) is 1. The zero-order chi connectivity index (χ0) is 13.9. The molecule has 0 saturated heterocycles. The lowest BCUT2D eigenvalue weighted by Gasteiger charge is -2.05. The van der Waals surface area contributed by atoms with Crippen LogP contribution in [-0.4, -0.2) is 10.9 Å². The van der Waals surface area contributed by atoms with Crippen LogP contribution in [-0.2, 0) is 6.54 Å². The second kappa shape index (κ2) is 5.38. The van der Waals surface area contributed by atoms with E-state index >= 15 is 0 Å². The molecule has 1 amide bonds. The topological polar surface area (TPSA) is 55.1 Å². The number of hydrogen-bond donors (Lipinski definition) is 2. The van der Waals surface area contributed by atoms with E-state index in [1.807, 2.05) is 24.3 Å². The van der Waals surface area contributed by atoms with Crippen molar-refractivity contribution in [2.45, 2.75) is 11.4 Å². The zero-order valence-electron chi connectivity index (χ0n) is 10.5. The molecule has 0 radical (unpaired) electrons. The molecule has 0 aliphatic carbocycles. The lowest BCUT2D eigenvalue weighted by atomic mass is 10.1. The molecule has 2 aromatic heterocycles. The van der Waals surface area contributed by atoms with Crippen molar-refractivity contribution in [2.75, 3.05) is 0 Å². The van der Waals surface area contributed by atoms with E-state index in [2.05, 4.69) is 22.9 Å².